The molecule has 3 aromatic rings. The summed E-state index contributed by atoms with van der Waals surface area (Å²) in [6, 6.07) is 13.8. The van der Waals surface area contributed by atoms with Gasteiger partial charge in [-0.25, -0.2) is 0 Å². The van der Waals surface area contributed by atoms with Crippen LogP contribution in [0.2, 0.25) is 0 Å². The van der Waals surface area contributed by atoms with Crippen molar-refractivity contribution >= 4 is 11.6 Å². The van der Waals surface area contributed by atoms with Gasteiger partial charge in [-0.15, -0.1) is 0 Å². The van der Waals surface area contributed by atoms with E-state index in [2.05, 4.69) is 26.7 Å². The molecule has 0 saturated carbocycles. The fraction of sp³-hybridized carbons (Fsp3) is 0.150. The van der Waals surface area contributed by atoms with Gasteiger partial charge in [0.15, 0.2) is 0 Å². The minimum absolute atomic E-state index is 0.140. The first kappa shape index (κ1) is 16.6. The van der Waals surface area contributed by atoms with Crippen LogP contribution in [0.15, 0.2) is 67.3 Å². The predicted molar refractivity (Wildman–Crippen MR) is 98.1 cm³/mol. The molecule has 0 saturated heterocycles. The van der Waals surface area contributed by atoms with Crippen LogP contribution >= 0.6 is 0 Å². The molecule has 0 aliphatic heterocycles. The fourth-order valence-electron chi connectivity index (χ4n) is 2.47. The van der Waals surface area contributed by atoms with Crippen molar-refractivity contribution in [2.24, 2.45) is 0 Å². The third kappa shape index (κ3) is 4.88. The summed E-state index contributed by atoms with van der Waals surface area (Å²) in [5, 5.41) is 6.18. The van der Waals surface area contributed by atoms with Gasteiger partial charge >= 0.3 is 0 Å². The molecule has 0 atom stereocenters. The minimum atomic E-state index is -0.140. The van der Waals surface area contributed by atoms with Crippen molar-refractivity contribution in [2.75, 3.05) is 5.32 Å². The van der Waals surface area contributed by atoms with Crippen molar-refractivity contribution in [3.8, 4) is 0 Å². The monoisotopic (exact) mass is 332 g/mol. The van der Waals surface area contributed by atoms with Gasteiger partial charge in [0.1, 0.15) is 0 Å². The van der Waals surface area contributed by atoms with Gasteiger partial charge in [-0.05, 0) is 30.2 Å². The van der Waals surface area contributed by atoms with Gasteiger partial charge < -0.3 is 10.6 Å². The zero-order valence-corrected chi connectivity index (χ0v) is 14.1. The molecule has 0 unspecified atom stereocenters. The molecule has 0 aliphatic rings. The molecular formula is C20H20N4O. The van der Waals surface area contributed by atoms with Gasteiger partial charge in [0.2, 0.25) is 0 Å². The SMILES string of the molecule is Cc1cccc(CNC(=O)c2cncc(NCc3cccnc3)c2)c1. The Hall–Kier alpha value is -3.21. The van der Waals surface area contributed by atoms with Crippen LogP contribution in [0.1, 0.15) is 27.0 Å². The maximum Gasteiger partial charge on any atom is 0.253 e. The van der Waals surface area contributed by atoms with Crippen molar-refractivity contribution < 1.29 is 4.79 Å². The van der Waals surface area contributed by atoms with Gasteiger partial charge in [0.25, 0.3) is 5.91 Å². The lowest BCUT2D eigenvalue weighted by atomic mass is 10.1. The minimum Gasteiger partial charge on any atom is -0.380 e. The first-order chi connectivity index (χ1) is 12.2. The van der Waals surface area contributed by atoms with Crippen LogP contribution in [0.3, 0.4) is 0 Å². The summed E-state index contributed by atoms with van der Waals surface area (Å²) in [5.41, 5.74) is 4.65. The second-order valence-corrected chi connectivity index (χ2v) is 5.85. The Kier molecular flexibility index (Phi) is 5.36. The second-order valence-electron chi connectivity index (χ2n) is 5.85. The quantitative estimate of drug-likeness (QED) is 0.726. The average Bonchev–Trinajstić information content (AvgIpc) is 2.65. The number of anilines is 1. The molecule has 5 nitrogen and oxygen atoms in total. The number of carbonyl (C=O) groups is 1. The summed E-state index contributed by atoms with van der Waals surface area (Å²) in [6.07, 6.45) is 6.82. The topological polar surface area (TPSA) is 66.9 Å². The highest BCUT2D eigenvalue weighted by atomic mass is 16.1. The van der Waals surface area contributed by atoms with E-state index < -0.39 is 0 Å². The predicted octanol–water partition coefficient (Wildman–Crippen LogP) is 3.33. The number of hydrogen-bond donors (Lipinski definition) is 2. The number of aryl methyl sites for hydroxylation is 1. The number of hydrogen-bond acceptors (Lipinski definition) is 4. The van der Waals surface area contributed by atoms with Gasteiger partial charge in [-0.2, -0.15) is 0 Å². The second kappa shape index (κ2) is 8.06. The van der Waals surface area contributed by atoms with Crippen LogP contribution in [0.5, 0.6) is 0 Å². The Balaban J connectivity index is 1.59. The smallest absolute Gasteiger partial charge is 0.253 e. The van der Waals surface area contributed by atoms with Crippen molar-refractivity contribution in [3.05, 3.63) is 89.5 Å². The number of benzene rings is 1. The maximum absolute atomic E-state index is 12.3. The van der Waals surface area contributed by atoms with E-state index in [1.165, 1.54) is 5.56 Å². The van der Waals surface area contributed by atoms with Crippen molar-refractivity contribution in [1.29, 1.82) is 0 Å². The van der Waals surface area contributed by atoms with E-state index in [1.54, 1.807) is 30.9 Å². The number of rotatable bonds is 6. The normalized spacial score (nSPS) is 10.3. The van der Waals surface area contributed by atoms with Crippen LogP contribution in [0.4, 0.5) is 5.69 Å². The Morgan fingerprint density at radius 3 is 2.64 bits per heavy atom. The van der Waals surface area contributed by atoms with E-state index in [4.69, 9.17) is 0 Å². The summed E-state index contributed by atoms with van der Waals surface area (Å²) in [7, 11) is 0. The highest BCUT2D eigenvalue weighted by Gasteiger charge is 2.07. The largest absolute Gasteiger partial charge is 0.380 e. The molecule has 0 bridgehead atoms. The van der Waals surface area contributed by atoms with Crippen LogP contribution in [0.25, 0.3) is 0 Å². The molecule has 2 N–H and O–H groups in total. The van der Waals surface area contributed by atoms with Crippen LogP contribution < -0.4 is 10.6 Å². The lowest BCUT2D eigenvalue weighted by molar-refractivity contribution is 0.0950. The molecule has 0 aliphatic carbocycles. The average molecular weight is 332 g/mol. The standard InChI is InChI=1S/C20H20N4O/c1-15-4-2-5-16(8-15)11-24-20(25)18-9-19(14-22-13-18)23-12-17-6-3-7-21-10-17/h2-10,13-14,23H,11-12H2,1H3,(H,24,25). The van der Waals surface area contributed by atoms with E-state index in [-0.39, 0.29) is 5.91 Å². The molecule has 2 aromatic heterocycles. The molecule has 0 fully saturated rings. The number of nitrogens with one attached hydrogen (secondary N) is 2. The molecule has 1 amide bonds. The van der Waals surface area contributed by atoms with E-state index in [9.17, 15) is 4.79 Å². The van der Waals surface area contributed by atoms with Crippen LogP contribution in [-0.2, 0) is 13.1 Å². The summed E-state index contributed by atoms with van der Waals surface area (Å²) < 4.78 is 0. The molecular weight excluding hydrogens is 312 g/mol. The van der Waals surface area contributed by atoms with E-state index in [0.29, 0.717) is 18.7 Å². The lowest BCUT2D eigenvalue weighted by Crippen LogP contribution is -2.23. The molecule has 1 aromatic carbocycles. The Morgan fingerprint density at radius 2 is 1.84 bits per heavy atom. The van der Waals surface area contributed by atoms with Crippen LogP contribution in [0, 0.1) is 6.92 Å². The first-order valence-electron chi connectivity index (χ1n) is 8.12. The Bertz CT molecular complexity index is 849. The highest BCUT2D eigenvalue weighted by molar-refractivity contribution is 5.94. The van der Waals surface area contributed by atoms with E-state index in [1.807, 2.05) is 37.3 Å². The highest BCUT2D eigenvalue weighted by Crippen LogP contribution is 2.11. The molecule has 5 heteroatoms. The summed E-state index contributed by atoms with van der Waals surface area (Å²) in [5.74, 6) is -0.140. The summed E-state index contributed by atoms with van der Waals surface area (Å²) in [4.78, 5) is 20.6. The third-order valence-corrected chi connectivity index (χ3v) is 3.76. The molecule has 0 radical (unpaired) electrons. The van der Waals surface area contributed by atoms with Crippen LogP contribution in [-0.4, -0.2) is 15.9 Å². The molecule has 126 valence electrons. The number of carbonyl (C=O) groups excluding carboxylic acids is 1. The van der Waals surface area contributed by atoms with Gasteiger partial charge in [-0.3, -0.25) is 14.8 Å². The van der Waals surface area contributed by atoms with Crippen molar-refractivity contribution in [3.63, 3.8) is 0 Å². The third-order valence-electron chi connectivity index (χ3n) is 3.76. The number of aromatic nitrogens is 2. The number of amides is 1. The molecule has 0 spiro atoms. The maximum atomic E-state index is 12.3. The number of nitrogens with zero attached hydrogens (tertiary/aromatic N) is 2. The molecule has 2 heterocycles. The zero-order valence-electron chi connectivity index (χ0n) is 14.1. The Morgan fingerprint density at radius 1 is 0.960 bits per heavy atom. The molecule has 25 heavy (non-hydrogen) atoms. The van der Waals surface area contributed by atoms with E-state index in [0.717, 1.165) is 16.8 Å². The van der Waals surface area contributed by atoms with Crippen molar-refractivity contribution in [1.82, 2.24) is 15.3 Å². The summed E-state index contributed by atoms with van der Waals surface area (Å²) >= 11 is 0. The fourth-order valence-corrected chi connectivity index (χ4v) is 2.47. The zero-order chi connectivity index (χ0) is 17.5. The molecule has 3 rings (SSSR count). The van der Waals surface area contributed by atoms with Gasteiger partial charge in [0.05, 0.1) is 11.3 Å². The van der Waals surface area contributed by atoms with E-state index >= 15 is 0 Å². The van der Waals surface area contributed by atoms with Gasteiger partial charge in [0, 0.05) is 37.9 Å². The number of pyridine rings is 2. The first-order valence-corrected chi connectivity index (χ1v) is 8.12. The van der Waals surface area contributed by atoms with Crippen molar-refractivity contribution in [2.45, 2.75) is 20.0 Å². The Labute approximate surface area is 147 Å². The lowest BCUT2D eigenvalue weighted by Gasteiger charge is -2.09. The van der Waals surface area contributed by atoms with Gasteiger partial charge in [-0.1, -0.05) is 35.9 Å². The summed E-state index contributed by atoms with van der Waals surface area (Å²) in [6.45, 7) is 3.16.